The molecule has 0 radical (unpaired) electrons. The van der Waals surface area contributed by atoms with Gasteiger partial charge in [0.1, 0.15) is 0 Å². The van der Waals surface area contributed by atoms with E-state index in [9.17, 15) is 4.79 Å². The number of nitrogen functional groups attached to an aromatic ring is 1. The topological polar surface area (TPSA) is 96.8 Å². The van der Waals surface area contributed by atoms with Crippen LogP contribution in [-0.2, 0) is 9.47 Å². The molecule has 0 aliphatic rings. The molecule has 1 rings (SSSR count). The fraction of sp³-hybridized carbons (Fsp3) is 0.462. The van der Waals surface area contributed by atoms with Crippen LogP contribution < -0.4 is 16.2 Å². The number of primary amides is 1. The minimum Gasteiger partial charge on any atom is -0.490 e. The normalized spacial score (nSPS) is 10.4. The molecule has 0 heterocycles. The van der Waals surface area contributed by atoms with E-state index in [0.717, 1.165) is 0 Å². The molecule has 4 N–H and O–H groups in total. The molecule has 0 spiro atoms. The maximum atomic E-state index is 11.2. The Labute approximate surface area is 112 Å². The van der Waals surface area contributed by atoms with Gasteiger partial charge in [-0.15, -0.1) is 0 Å². The van der Waals surface area contributed by atoms with Gasteiger partial charge in [-0.3, -0.25) is 4.79 Å². The molecule has 0 unspecified atom stereocenters. The molecule has 0 aliphatic carbocycles. The van der Waals surface area contributed by atoms with Crippen LogP contribution in [0.5, 0.6) is 5.75 Å². The summed E-state index contributed by atoms with van der Waals surface area (Å²) in [6.45, 7) is 2.08. The fourth-order valence-corrected chi connectivity index (χ4v) is 1.49. The number of ether oxygens (including phenoxy) is 3. The molecule has 0 aromatic heterocycles. The van der Waals surface area contributed by atoms with Crippen molar-refractivity contribution in [1.29, 1.82) is 0 Å². The summed E-state index contributed by atoms with van der Waals surface area (Å²) in [6.07, 6.45) is 0.691. The second-order valence-electron chi connectivity index (χ2n) is 3.90. The summed E-state index contributed by atoms with van der Waals surface area (Å²) in [7, 11) is 1.62. The van der Waals surface area contributed by atoms with Gasteiger partial charge in [-0.1, -0.05) is 6.07 Å². The Morgan fingerprint density at radius 1 is 1.21 bits per heavy atom. The number of para-hydroxylation sites is 1. The third-order valence-corrected chi connectivity index (χ3v) is 2.42. The summed E-state index contributed by atoms with van der Waals surface area (Å²) in [6, 6.07) is 4.91. The van der Waals surface area contributed by atoms with Crippen LogP contribution in [-0.4, -0.2) is 39.4 Å². The first-order valence-corrected chi connectivity index (χ1v) is 6.04. The smallest absolute Gasteiger partial charge is 0.252 e. The van der Waals surface area contributed by atoms with E-state index in [1.165, 1.54) is 0 Å². The van der Waals surface area contributed by atoms with E-state index < -0.39 is 5.91 Å². The number of amides is 1. The van der Waals surface area contributed by atoms with Gasteiger partial charge in [0, 0.05) is 20.1 Å². The molecule has 0 aliphatic heterocycles. The Balaban J connectivity index is 2.38. The van der Waals surface area contributed by atoms with E-state index >= 15 is 0 Å². The molecule has 0 saturated carbocycles. The Morgan fingerprint density at radius 3 is 2.68 bits per heavy atom. The van der Waals surface area contributed by atoms with Crippen molar-refractivity contribution in [3.8, 4) is 5.75 Å². The first kappa shape index (κ1) is 15.3. The highest BCUT2D eigenvalue weighted by molar-refractivity contribution is 5.97. The number of hydrogen-bond acceptors (Lipinski definition) is 5. The van der Waals surface area contributed by atoms with E-state index in [1.807, 2.05) is 0 Å². The Morgan fingerprint density at radius 2 is 2.00 bits per heavy atom. The summed E-state index contributed by atoms with van der Waals surface area (Å²) < 4.78 is 15.6. The zero-order valence-corrected chi connectivity index (χ0v) is 11.1. The third kappa shape index (κ3) is 5.15. The van der Waals surface area contributed by atoms with Crippen molar-refractivity contribution in [3.63, 3.8) is 0 Å². The fourth-order valence-electron chi connectivity index (χ4n) is 1.49. The van der Waals surface area contributed by atoms with Gasteiger partial charge in [0.05, 0.1) is 31.1 Å². The second-order valence-corrected chi connectivity index (χ2v) is 3.90. The van der Waals surface area contributed by atoms with Gasteiger partial charge in [0.15, 0.2) is 5.75 Å². The van der Waals surface area contributed by atoms with Gasteiger partial charge < -0.3 is 25.7 Å². The largest absolute Gasteiger partial charge is 0.490 e. The van der Waals surface area contributed by atoms with Crippen molar-refractivity contribution in [2.45, 2.75) is 6.42 Å². The Bertz CT molecular complexity index is 410. The first-order chi connectivity index (χ1) is 9.16. The molecule has 19 heavy (non-hydrogen) atoms. The molecule has 0 fully saturated rings. The number of benzene rings is 1. The zero-order valence-electron chi connectivity index (χ0n) is 11.1. The molecular formula is C13H20N2O4. The molecule has 6 heteroatoms. The summed E-state index contributed by atoms with van der Waals surface area (Å²) in [4.78, 5) is 11.2. The van der Waals surface area contributed by atoms with Crippen molar-refractivity contribution in [3.05, 3.63) is 23.8 Å². The lowest BCUT2D eigenvalue weighted by Crippen LogP contribution is -2.15. The van der Waals surface area contributed by atoms with Crippen LogP contribution in [0.25, 0.3) is 0 Å². The molecule has 1 amide bonds. The molecule has 0 bridgehead atoms. The average Bonchev–Trinajstić information content (AvgIpc) is 2.39. The van der Waals surface area contributed by atoms with E-state index in [1.54, 1.807) is 25.3 Å². The Hall–Kier alpha value is -1.79. The minimum atomic E-state index is -0.557. The predicted octanol–water partition coefficient (Wildman–Crippen LogP) is 0.800. The van der Waals surface area contributed by atoms with Gasteiger partial charge in [-0.25, -0.2) is 0 Å². The summed E-state index contributed by atoms with van der Waals surface area (Å²) >= 11 is 0. The van der Waals surface area contributed by atoms with Crippen LogP contribution >= 0.6 is 0 Å². The number of nitrogens with two attached hydrogens (primary N) is 2. The number of carbonyl (C=O) groups excluding carboxylic acids is 1. The summed E-state index contributed by atoms with van der Waals surface area (Å²) in [5.74, 6) is -0.217. The first-order valence-electron chi connectivity index (χ1n) is 6.04. The second kappa shape index (κ2) is 8.34. The number of anilines is 1. The van der Waals surface area contributed by atoms with E-state index in [2.05, 4.69) is 0 Å². The van der Waals surface area contributed by atoms with Gasteiger partial charge in [0.25, 0.3) is 5.91 Å². The molecule has 1 aromatic carbocycles. The van der Waals surface area contributed by atoms with E-state index in [0.29, 0.717) is 49.8 Å². The SMILES string of the molecule is COCCOCCCOc1c(N)cccc1C(N)=O. The van der Waals surface area contributed by atoms with Gasteiger partial charge >= 0.3 is 0 Å². The lowest BCUT2D eigenvalue weighted by atomic mass is 10.1. The molecular weight excluding hydrogens is 248 g/mol. The van der Waals surface area contributed by atoms with Gasteiger partial charge in [-0.2, -0.15) is 0 Å². The third-order valence-electron chi connectivity index (χ3n) is 2.42. The lowest BCUT2D eigenvalue weighted by Gasteiger charge is -2.12. The predicted molar refractivity (Wildman–Crippen MR) is 72.2 cm³/mol. The highest BCUT2D eigenvalue weighted by Gasteiger charge is 2.11. The molecule has 0 atom stereocenters. The van der Waals surface area contributed by atoms with Crippen LogP contribution in [0.15, 0.2) is 18.2 Å². The van der Waals surface area contributed by atoms with Crippen LogP contribution in [0.2, 0.25) is 0 Å². The van der Waals surface area contributed by atoms with Crippen molar-refractivity contribution in [2.75, 3.05) is 39.3 Å². The highest BCUT2D eigenvalue weighted by atomic mass is 16.5. The van der Waals surface area contributed by atoms with Crippen LogP contribution in [0.1, 0.15) is 16.8 Å². The average molecular weight is 268 g/mol. The molecule has 0 saturated heterocycles. The molecule has 6 nitrogen and oxygen atoms in total. The van der Waals surface area contributed by atoms with Crippen LogP contribution in [0, 0.1) is 0 Å². The molecule has 106 valence electrons. The van der Waals surface area contributed by atoms with E-state index in [4.69, 9.17) is 25.7 Å². The number of methoxy groups -OCH3 is 1. The van der Waals surface area contributed by atoms with Crippen LogP contribution in [0.4, 0.5) is 5.69 Å². The summed E-state index contributed by atoms with van der Waals surface area (Å²) in [5, 5.41) is 0. The lowest BCUT2D eigenvalue weighted by molar-refractivity contribution is 0.0644. The van der Waals surface area contributed by atoms with Crippen molar-refractivity contribution < 1.29 is 19.0 Å². The van der Waals surface area contributed by atoms with Gasteiger partial charge in [-0.05, 0) is 12.1 Å². The molecule has 1 aromatic rings. The summed E-state index contributed by atoms with van der Waals surface area (Å²) in [5.41, 5.74) is 11.7. The van der Waals surface area contributed by atoms with Crippen molar-refractivity contribution >= 4 is 11.6 Å². The minimum absolute atomic E-state index is 0.292. The highest BCUT2D eigenvalue weighted by Crippen LogP contribution is 2.25. The number of rotatable bonds is 9. The van der Waals surface area contributed by atoms with E-state index in [-0.39, 0.29) is 0 Å². The van der Waals surface area contributed by atoms with Crippen molar-refractivity contribution in [2.24, 2.45) is 5.73 Å². The maximum Gasteiger partial charge on any atom is 0.252 e. The number of carbonyl (C=O) groups is 1. The van der Waals surface area contributed by atoms with Crippen molar-refractivity contribution in [1.82, 2.24) is 0 Å². The zero-order chi connectivity index (χ0) is 14.1. The van der Waals surface area contributed by atoms with Gasteiger partial charge in [0.2, 0.25) is 0 Å². The maximum absolute atomic E-state index is 11.2. The standard InChI is InChI=1S/C13H20N2O4/c1-17-8-9-18-6-3-7-19-12-10(13(15)16)4-2-5-11(12)14/h2,4-5H,3,6-9,14H2,1H3,(H2,15,16). The quantitative estimate of drug-likeness (QED) is 0.510. The Kier molecular flexibility index (Phi) is 6.70. The monoisotopic (exact) mass is 268 g/mol. The van der Waals surface area contributed by atoms with Crippen LogP contribution in [0.3, 0.4) is 0 Å². The number of hydrogen-bond donors (Lipinski definition) is 2.